The average Bonchev–Trinajstić information content (AvgIpc) is 2.56. The molecule has 0 radical (unpaired) electrons. The van der Waals surface area contributed by atoms with Crippen LogP contribution in [0.15, 0.2) is 24.3 Å². The van der Waals surface area contributed by atoms with Gasteiger partial charge < -0.3 is 14.6 Å². The summed E-state index contributed by atoms with van der Waals surface area (Å²) in [6.45, 7) is 2.09. The van der Waals surface area contributed by atoms with Gasteiger partial charge in [-0.2, -0.15) is 0 Å². The van der Waals surface area contributed by atoms with Crippen molar-refractivity contribution >= 4 is 5.97 Å². The molecule has 1 aromatic rings. The molecule has 1 fully saturated rings. The van der Waals surface area contributed by atoms with Gasteiger partial charge in [0.15, 0.2) is 0 Å². The number of hydrogen-bond donors (Lipinski definition) is 1. The molecule has 0 saturated heterocycles. The third kappa shape index (κ3) is 3.80. The molecule has 2 atom stereocenters. The molecule has 0 heterocycles. The number of ether oxygens (including phenoxy) is 2. The van der Waals surface area contributed by atoms with Crippen molar-refractivity contribution in [2.45, 2.75) is 51.0 Å². The van der Waals surface area contributed by atoms with Gasteiger partial charge in [-0.25, -0.2) is 0 Å². The molecule has 4 nitrogen and oxygen atoms in total. The zero-order chi connectivity index (χ0) is 15.9. The second kappa shape index (κ2) is 8.18. The minimum atomic E-state index is -0.726. The Hall–Kier alpha value is -1.55. The Bertz CT molecular complexity index is 480. The van der Waals surface area contributed by atoms with Crippen LogP contribution in [0.25, 0.3) is 0 Å². The van der Waals surface area contributed by atoms with Crippen LogP contribution in [-0.2, 0) is 9.53 Å². The van der Waals surface area contributed by atoms with Crippen LogP contribution in [0.4, 0.5) is 0 Å². The maximum absolute atomic E-state index is 12.5. The molecule has 2 rings (SSSR count). The highest BCUT2D eigenvalue weighted by Gasteiger charge is 2.37. The van der Waals surface area contributed by atoms with E-state index in [-0.39, 0.29) is 11.9 Å². The van der Waals surface area contributed by atoms with Crippen molar-refractivity contribution < 1.29 is 19.4 Å². The number of aliphatic hydroxyl groups is 1. The predicted molar refractivity (Wildman–Crippen MR) is 84.9 cm³/mol. The van der Waals surface area contributed by atoms with Crippen LogP contribution in [0.2, 0.25) is 0 Å². The van der Waals surface area contributed by atoms with Gasteiger partial charge in [0.1, 0.15) is 11.7 Å². The number of carbonyl (C=O) groups is 1. The summed E-state index contributed by atoms with van der Waals surface area (Å²) < 4.78 is 10.6. The Morgan fingerprint density at radius 3 is 2.59 bits per heavy atom. The van der Waals surface area contributed by atoms with Gasteiger partial charge >= 0.3 is 5.97 Å². The molecule has 0 aromatic heterocycles. The van der Waals surface area contributed by atoms with E-state index in [2.05, 4.69) is 0 Å². The molecular formula is C18H26O4. The first-order valence-corrected chi connectivity index (χ1v) is 8.16. The Balaban J connectivity index is 2.31. The quantitative estimate of drug-likeness (QED) is 0.819. The van der Waals surface area contributed by atoms with Gasteiger partial charge in [-0.05, 0) is 31.7 Å². The van der Waals surface area contributed by atoms with E-state index in [1.165, 1.54) is 6.42 Å². The van der Waals surface area contributed by atoms with Gasteiger partial charge in [0, 0.05) is 5.56 Å². The lowest BCUT2D eigenvalue weighted by Crippen LogP contribution is -2.35. The largest absolute Gasteiger partial charge is 0.496 e. The Morgan fingerprint density at radius 2 is 1.95 bits per heavy atom. The van der Waals surface area contributed by atoms with E-state index in [9.17, 15) is 9.90 Å². The van der Waals surface area contributed by atoms with Gasteiger partial charge in [-0.15, -0.1) is 0 Å². The predicted octanol–water partition coefficient (Wildman–Crippen LogP) is 3.28. The molecule has 122 valence electrons. The second-order valence-electron chi connectivity index (χ2n) is 5.86. The van der Waals surface area contributed by atoms with Crippen molar-refractivity contribution in [1.82, 2.24) is 0 Å². The second-order valence-corrected chi connectivity index (χ2v) is 5.86. The molecular weight excluding hydrogens is 280 g/mol. The van der Waals surface area contributed by atoms with Crippen molar-refractivity contribution in [2.24, 2.45) is 5.92 Å². The minimum absolute atomic E-state index is 0.146. The maximum Gasteiger partial charge on any atom is 0.316 e. The molecule has 22 heavy (non-hydrogen) atoms. The number of hydrogen-bond acceptors (Lipinski definition) is 4. The lowest BCUT2D eigenvalue weighted by atomic mass is 9.78. The standard InChI is InChI=1S/C18H26O4/c1-3-22-18(20)16(14-11-7-8-12-15(14)21-2)17(19)13-9-5-4-6-10-13/h7-8,11-13,16-17,19H,3-6,9-10H2,1-2H3. The van der Waals surface area contributed by atoms with Gasteiger partial charge in [-0.3, -0.25) is 4.79 Å². The van der Waals surface area contributed by atoms with Crippen LogP contribution in [0.1, 0.15) is 50.5 Å². The average molecular weight is 306 g/mol. The van der Waals surface area contributed by atoms with E-state index in [1.807, 2.05) is 24.3 Å². The molecule has 0 bridgehead atoms. The number of methoxy groups -OCH3 is 1. The third-order valence-corrected chi connectivity index (χ3v) is 4.49. The number of para-hydroxylation sites is 1. The first-order valence-electron chi connectivity index (χ1n) is 8.16. The highest BCUT2D eigenvalue weighted by Crippen LogP contribution is 2.37. The number of carbonyl (C=O) groups excluding carboxylic acids is 1. The molecule has 1 N–H and O–H groups in total. The van der Waals surface area contributed by atoms with Gasteiger partial charge in [0.05, 0.1) is 19.8 Å². The molecule has 2 unspecified atom stereocenters. The van der Waals surface area contributed by atoms with Crippen LogP contribution < -0.4 is 4.74 Å². The van der Waals surface area contributed by atoms with Crippen LogP contribution in [0.3, 0.4) is 0 Å². The zero-order valence-corrected chi connectivity index (χ0v) is 13.5. The van der Waals surface area contributed by atoms with E-state index in [0.29, 0.717) is 17.9 Å². The molecule has 1 aliphatic carbocycles. The van der Waals surface area contributed by atoms with Crippen molar-refractivity contribution in [3.05, 3.63) is 29.8 Å². The lowest BCUT2D eigenvalue weighted by Gasteiger charge is -2.31. The van der Waals surface area contributed by atoms with Crippen LogP contribution in [0, 0.1) is 5.92 Å². The monoisotopic (exact) mass is 306 g/mol. The molecule has 0 spiro atoms. The molecule has 1 saturated carbocycles. The summed E-state index contributed by atoms with van der Waals surface area (Å²) in [4.78, 5) is 12.5. The fourth-order valence-electron chi connectivity index (χ4n) is 3.35. The number of esters is 1. The van der Waals surface area contributed by atoms with E-state index < -0.39 is 12.0 Å². The molecule has 1 aliphatic rings. The Labute approximate surface area is 132 Å². The molecule has 0 aliphatic heterocycles. The molecule has 1 aromatic carbocycles. The van der Waals surface area contributed by atoms with Crippen LogP contribution in [-0.4, -0.2) is 30.9 Å². The van der Waals surface area contributed by atoms with E-state index >= 15 is 0 Å². The van der Waals surface area contributed by atoms with Crippen LogP contribution >= 0.6 is 0 Å². The summed E-state index contributed by atoms with van der Waals surface area (Å²) in [5.41, 5.74) is 0.710. The minimum Gasteiger partial charge on any atom is -0.496 e. The number of rotatable bonds is 6. The summed E-state index contributed by atoms with van der Waals surface area (Å²) in [6.07, 6.45) is 4.64. The van der Waals surface area contributed by atoms with Crippen molar-refractivity contribution in [2.75, 3.05) is 13.7 Å². The summed E-state index contributed by atoms with van der Waals surface area (Å²) in [5, 5.41) is 10.8. The normalized spacial score (nSPS) is 18.5. The summed E-state index contributed by atoms with van der Waals surface area (Å²) in [6, 6.07) is 7.37. The highest BCUT2D eigenvalue weighted by atomic mass is 16.5. The third-order valence-electron chi connectivity index (χ3n) is 4.49. The maximum atomic E-state index is 12.5. The number of aliphatic hydroxyl groups excluding tert-OH is 1. The molecule has 4 heteroatoms. The van der Waals surface area contributed by atoms with Crippen LogP contribution in [0.5, 0.6) is 5.75 Å². The number of benzene rings is 1. The first-order chi connectivity index (χ1) is 10.7. The molecule has 0 amide bonds. The van der Waals surface area contributed by atoms with Crippen molar-refractivity contribution in [3.63, 3.8) is 0 Å². The fourth-order valence-corrected chi connectivity index (χ4v) is 3.35. The van der Waals surface area contributed by atoms with E-state index in [1.54, 1.807) is 14.0 Å². The summed E-state index contributed by atoms with van der Waals surface area (Å²) in [5.74, 6) is -0.284. The first kappa shape index (κ1) is 16.8. The van der Waals surface area contributed by atoms with Gasteiger partial charge in [-0.1, -0.05) is 37.5 Å². The Kier molecular flexibility index (Phi) is 6.25. The van der Waals surface area contributed by atoms with Crippen molar-refractivity contribution in [1.29, 1.82) is 0 Å². The smallest absolute Gasteiger partial charge is 0.316 e. The Morgan fingerprint density at radius 1 is 1.27 bits per heavy atom. The van der Waals surface area contributed by atoms with E-state index in [0.717, 1.165) is 25.7 Å². The van der Waals surface area contributed by atoms with Gasteiger partial charge in [0.2, 0.25) is 0 Å². The summed E-state index contributed by atoms with van der Waals surface area (Å²) in [7, 11) is 1.58. The fraction of sp³-hybridized carbons (Fsp3) is 0.611. The SMILES string of the molecule is CCOC(=O)C(c1ccccc1OC)C(O)C1CCCCC1. The topological polar surface area (TPSA) is 55.8 Å². The lowest BCUT2D eigenvalue weighted by molar-refractivity contribution is -0.149. The van der Waals surface area contributed by atoms with E-state index in [4.69, 9.17) is 9.47 Å². The van der Waals surface area contributed by atoms with Crippen molar-refractivity contribution in [3.8, 4) is 5.75 Å². The highest BCUT2D eigenvalue weighted by molar-refractivity contribution is 5.80. The van der Waals surface area contributed by atoms with Gasteiger partial charge in [0.25, 0.3) is 0 Å². The zero-order valence-electron chi connectivity index (χ0n) is 13.5. The summed E-state index contributed by atoms with van der Waals surface area (Å²) >= 11 is 0.